The molecule has 0 unspecified atom stereocenters. The van der Waals surface area contributed by atoms with Crippen LogP contribution < -0.4 is 0 Å². The van der Waals surface area contributed by atoms with E-state index in [0.717, 1.165) is 12.8 Å². The summed E-state index contributed by atoms with van der Waals surface area (Å²) in [5.41, 5.74) is 0.0976. The van der Waals surface area contributed by atoms with Crippen LogP contribution in [-0.4, -0.2) is 12.1 Å². The molecular formula is C10H16O2. The Morgan fingerprint density at radius 1 is 1.58 bits per heavy atom. The zero-order valence-corrected chi connectivity index (χ0v) is 7.96. The summed E-state index contributed by atoms with van der Waals surface area (Å²) in [6.07, 6.45) is 6.21. The van der Waals surface area contributed by atoms with E-state index in [-0.39, 0.29) is 17.5 Å². The first kappa shape index (κ1) is 9.30. The van der Waals surface area contributed by atoms with Gasteiger partial charge in [-0.25, -0.2) is 0 Å². The Hall–Kier alpha value is -0.790. The monoisotopic (exact) mass is 168 g/mol. The first-order valence-electron chi connectivity index (χ1n) is 4.36. The Labute approximate surface area is 73.6 Å². The zero-order valence-electron chi connectivity index (χ0n) is 7.96. The maximum Gasteiger partial charge on any atom is 0.303 e. The van der Waals surface area contributed by atoms with Gasteiger partial charge in [-0.05, 0) is 18.9 Å². The molecule has 0 spiro atoms. The molecule has 1 aliphatic rings. The summed E-state index contributed by atoms with van der Waals surface area (Å²) < 4.78 is 5.18. The standard InChI is InChI=1S/C10H16O2/c1-8(11)12-9-6-4-5-7-10(9,2)3/h4,6,9H,5,7H2,1-3H3/t9-/m1/s1. The molecule has 0 aromatic rings. The Morgan fingerprint density at radius 3 is 2.75 bits per heavy atom. The lowest BCUT2D eigenvalue weighted by molar-refractivity contribution is -0.149. The fourth-order valence-electron chi connectivity index (χ4n) is 1.46. The minimum absolute atomic E-state index is 0.0382. The van der Waals surface area contributed by atoms with Crippen molar-refractivity contribution in [2.45, 2.75) is 39.7 Å². The lowest BCUT2D eigenvalue weighted by Gasteiger charge is -2.34. The van der Waals surface area contributed by atoms with Crippen LogP contribution in [0.1, 0.15) is 33.6 Å². The van der Waals surface area contributed by atoms with Crippen LogP contribution >= 0.6 is 0 Å². The summed E-state index contributed by atoms with van der Waals surface area (Å²) in [4.78, 5) is 10.7. The van der Waals surface area contributed by atoms with Crippen LogP contribution in [0.2, 0.25) is 0 Å². The molecule has 0 saturated heterocycles. The Bertz CT molecular complexity index is 204. The highest BCUT2D eigenvalue weighted by Crippen LogP contribution is 2.33. The minimum Gasteiger partial charge on any atom is -0.458 e. The Balaban J connectivity index is 2.65. The number of hydrogen-bond donors (Lipinski definition) is 0. The average molecular weight is 168 g/mol. The molecule has 0 aromatic heterocycles. The van der Waals surface area contributed by atoms with Crippen molar-refractivity contribution in [2.75, 3.05) is 0 Å². The molecule has 0 fully saturated rings. The second-order valence-corrected chi connectivity index (χ2v) is 3.99. The summed E-state index contributed by atoms with van der Waals surface area (Å²) >= 11 is 0. The van der Waals surface area contributed by atoms with Gasteiger partial charge < -0.3 is 4.74 Å². The third kappa shape index (κ3) is 2.10. The van der Waals surface area contributed by atoms with Crippen molar-refractivity contribution in [3.63, 3.8) is 0 Å². The molecule has 2 nitrogen and oxygen atoms in total. The second kappa shape index (κ2) is 3.30. The predicted molar refractivity (Wildman–Crippen MR) is 47.7 cm³/mol. The van der Waals surface area contributed by atoms with Crippen LogP contribution in [-0.2, 0) is 9.53 Å². The van der Waals surface area contributed by atoms with E-state index in [2.05, 4.69) is 19.9 Å². The molecule has 0 N–H and O–H groups in total. The van der Waals surface area contributed by atoms with Gasteiger partial charge in [-0.2, -0.15) is 0 Å². The molecule has 0 heterocycles. The van der Waals surface area contributed by atoms with Crippen molar-refractivity contribution in [3.05, 3.63) is 12.2 Å². The fourth-order valence-corrected chi connectivity index (χ4v) is 1.46. The number of rotatable bonds is 1. The molecule has 0 radical (unpaired) electrons. The summed E-state index contributed by atoms with van der Waals surface area (Å²) in [6.45, 7) is 5.72. The van der Waals surface area contributed by atoms with Crippen molar-refractivity contribution in [3.8, 4) is 0 Å². The molecule has 0 bridgehead atoms. The fraction of sp³-hybridized carbons (Fsp3) is 0.700. The van der Waals surface area contributed by atoms with Crippen molar-refractivity contribution < 1.29 is 9.53 Å². The number of carbonyl (C=O) groups excluding carboxylic acids is 1. The van der Waals surface area contributed by atoms with E-state index in [1.807, 2.05) is 6.08 Å². The number of ether oxygens (including phenoxy) is 1. The molecule has 2 heteroatoms. The summed E-state index contributed by atoms with van der Waals surface area (Å²) in [7, 11) is 0. The number of hydrogen-bond acceptors (Lipinski definition) is 2. The third-order valence-electron chi connectivity index (χ3n) is 2.33. The number of allylic oxidation sites excluding steroid dienone is 1. The van der Waals surface area contributed by atoms with Gasteiger partial charge in [0.2, 0.25) is 0 Å². The summed E-state index contributed by atoms with van der Waals surface area (Å²) in [5, 5.41) is 0. The highest BCUT2D eigenvalue weighted by atomic mass is 16.5. The van der Waals surface area contributed by atoms with Crippen molar-refractivity contribution in [1.29, 1.82) is 0 Å². The molecule has 68 valence electrons. The van der Waals surface area contributed by atoms with Crippen LogP contribution in [0.15, 0.2) is 12.2 Å². The Kier molecular flexibility index (Phi) is 2.55. The molecule has 12 heavy (non-hydrogen) atoms. The van der Waals surface area contributed by atoms with E-state index in [0.29, 0.717) is 0 Å². The topological polar surface area (TPSA) is 26.3 Å². The zero-order chi connectivity index (χ0) is 9.19. The SMILES string of the molecule is CC(=O)O[C@@H]1C=CCCC1(C)C. The van der Waals surface area contributed by atoms with Gasteiger partial charge >= 0.3 is 5.97 Å². The van der Waals surface area contributed by atoms with Gasteiger partial charge in [-0.15, -0.1) is 0 Å². The van der Waals surface area contributed by atoms with Crippen LogP contribution in [0.25, 0.3) is 0 Å². The highest BCUT2D eigenvalue weighted by Gasteiger charge is 2.31. The molecular weight excluding hydrogens is 152 g/mol. The van der Waals surface area contributed by atoms with Gasteiger partial charge in [0.1, 0.15) is 6.10 Å². The van der Waals surface area contributed by atoms with Crippen molar-refractivity contribution in [1.82, 2.24) is 0 Å². The van der Waals surface area contributed by atoms with E-state index in [1.54, 1.807) is 0 Å². The van der Waals surface area contributed by atoms with Crippen LogP contribution in [0.4, 0.5) is 0 Å². The van der Waals surface area contributed by atoms with E-state index in [9.17, 15) is 4.79 Å². The van der Waals surface area contributed by atoms with E-state index >= 15 is 0 Å². The lowest BCUT2D eigenvalue weighted by atomic mass is 9.78. The van der Waals surface area contributed by atoms with Gasteiger partial charge in [0.25, 0.3) is 0 Å². The normalized spacial score (nSPS) is 26.8. The van der Waals surface area contributed by atoms with Crippen LogP contribution in [0.3, 0.4) is 0 Å². The number of esters is 1. The van der Waals surface area contributed by atoms with Gasteiger partial charge in [-0.1, -0.05) is 19.9 Å². The van der Waals surface area contributed by atoms with Gasteiger partial charge in [-0.3, -0.25) is 4.79 Å². The largest absolute Gasteiger partial charge is 0.458 e. The molecule has 0 amide bonds. The second-order valence-electron chi connectivity index (χ2n) is 3.99. The van der Waals surface area contributed by atoms with Crippen LogP contribution in [0, 0.1) is 5.41 Å². The highest BCUT2D eigenvalue weighted by molar-refractivity contribution is 5.66. The molecule has 0 aromatic carbocycles. The molecule has 1 aliphatic carbocycles. The van der Waals surface area contributed by atoms with E-state index in [1.165, 1.54) is 6.92 Å². The molecule has 1 rings (SSSR count). The van der Waals surface area contributed by atoms with E-state index in [4.69, 9.17) is 4.74 Å². The van der Waals surface area contributed by atoms with Gasteiger partial charge in [0, 0.05) is 12.3 Å². The molecule has 0 aliphatic heterocycles. The van der Waals surface area contributed by atoms with Gasteiger partial charge in [0.05, 0.1) is 0 Å². The first-order valence-corrected chi connectivity index (χ1v) is 4.36. The molecule has 0 saturated carbocycles. The maximum atomic E-state index is 10.7. The predicted octanol–water partition coefficient (Wildman–Crippen LogP) is 2.29. The third-order valence-corrected chi connectivity index (χ3v) is 2.33. The smallest absolute Gasteiger partial charge is 0.303 e. The van der Waals surface area contributed by atoms with E-state index < -0.39 is 0 Å². The maximum absolute atomic E-state index is 10.7. The summed E-state index contributed by atoms with van der Waals surface area (Å²) in [6, 6.07) is 0. The van der Waals surface area contributed by atoms with Gasteiger partial charge in [0.15, 0.2) is 0 Å². The quantitative estimate of drug-likeness (QED) is 0.443. The average Bonchev–Trinajstić information content (AvgIpc) is 1.92. The van der Waals surface area contributed by atoms with Crippen molar-refractivity contribution in [2.24, 2.45) is 5.41 Å². The Morgan fingerprint density at radius 2 is 2.25 bits per heavy atom. The van der Waals surface area contributed by atoms with Crippen molar-refractivity contribution >= 4 is 5.97 Å². The minimum atomic E-state index is -0.195. The molecule has 1 atom stereocenters. The number of carbonyl (C=O) groups is 1. The first-order chi connectivity index (χ1) is 5.52. The lowest BCUT2D eigenvalue weighted by Crippen LogP contribution is -2.33. The van der Waals surface area contributed by atoms with Crippen LogP contribution in [0.5, 0.6) is 0 Å². The summed E-state index contributed by atoms with van der Waals surface area (Å²) in [5.74, 6) is -0.195.